The highest BCUT2D eigenvalue weighted by molar-refractivity contribution is 5.13. The average Bonchev–Trinajstić information content (AvgIpc) is 2.15. The maximum atomic E-state index is 9.88. The molecule has 0 unspecified atom stereocenters. The Balaban J connectivity index is 2.39. The molecule has 0 aromatic heterocycles. The molecule has 0 aliphatic heterocycles. The Kier molecular flexibility index (Phi) is 3.18. The molecule has 1 aromatic rings. The van der Waals surface area contributed by atoms with Crippen molar-refractivity contribution in [2.45, 2.75) is 6.61 Å². The van der Waals surface area contributed by atoms with Gasteiger partial charge in [0.05, 0.1) is 0 Å². The van der Waals surface area contributed by atoms with Gasteiger partial charge in [-0.05, 0) is 5.56 Å². The Morgan fingerprint density at radius 2 is 2.08 bits per heavy atom. The maximum Gasteiger partial charge on any atom is 0.216 e. The molecule has 0 atom stereocenters. The van der Waals surface area contributed by atoms with Gasteiger partial charge in [-0.1, -0.05) is 30.3 Å². The van der Waals surface area contributed by atoms with E-state index in [0.29, 0.717) is 0 Å². The van der Waals surface area contributed by atoms with E-state index in [9.17, 15) is 10.1 Å². The highest BCUT2D eigenvalue weighted by atomic mass is 17.0. The largest absolute Gasteiger partial charge is 0.231 e. The standard InChI is InChI=1S/C7H8N2O4/c10-8(11)9(12)13-6-7-4-2-1-3-5-7/h1-5,12H,6H2. The summed E-state index contributed by atoms with van der Waals surface area (Å²) in [6.07, 6.45) is 0. The first-order valence-electron chi connectivity index (χ1n) is 3.50. The third kappa shape index (κ3) is 3.06. The molecule has 6 heteroatoms. The van der Waals surface area contributed by atoms with E-state index in [1.165, 1.54) is 0 Å². The highest BCUT2D eigenvalue weighted by Crippen LogP contribution is 2.01. The third-order valence-corrected chi connectivity index (χ3v) is 1.33. The van der Waals surface area contributed by atoms with Crippen LogP contribution in [0.5, 0.6) is 0 Å². The number of hydrogen-bond acceptors (Lipinski definition) is 4. The first-order chi connectivity index (χ1) is 6.20. The molecule has 70 valence electrons. The Morgan fingerprint density at radius 1 is 1.46 bits per heavy atom. The molecule has 0 saturated carbocycles. The van der Waals surface area contributed by atoms with Gasteiger partial charge in [0.25, 0.3) is 0 Å². The minimum Gasteiger partial charge on any atom is -0.231 e. The Labute approximate surface area is 74.0 Å². The number of benzene rings is 1. The summed E-state index contributed by atoms with van der Waals surface area (Å²) in [5.41, 5.74) is 0.739. The molecular formula is C7H8N2O4. The quantitative estimate of drug-likeness (QED) is 0.558. The van der Waals surface area contributed by atoms with E-state index in [0.717, 1.165) is 5.56 Å². The predicted octanol–water partition coefficient (Wildman–Crippen LogP) is 1.00. The van der Waals surface area contributed by atoms with Crippen LogP contribution >= 0.6 is 0 Å². The summed E-state index contributed by atoms with van der Waals surface area (Å²) in [6, 6.07) is 8.81. The molecule has 0 bridgehead atoms. The van der Waals surface area contributed by atoms with Crippen molar-refractivity contribution in [3.05, 3.63) is 46.0 Å². The second-order valence-corrected chi connectivity index (χ2v) is 2.25. The van der Waals surface area contributed by atoms with Crippen molar-refractivity contribution in [2.75, 3.05) is 0 Å². The topological polar surface area (TPSA) is 75.8 Å². The number of nitrogens with zero attached hydrogens (tertiary/aromatic N) is 2. The number of rotatable bonds is 4. The van der Waals surface area contributed by atoms with Crippen molar-refractivity contribution in [2.24, 2.45) is 0 Å². The van der Waals surface area contributed by atoms with Gasteiger partial charge in [0.15, 0.2) is 5.34 Å². The molecule has 0 amide bonds. The number of nitro groups is 1. The lowest BCUT2D eigenvalue weighted by Gasteiger charge is -2.04. The van der Waals surface area contributed by atoms with Gasteiger partial charge < -0.3 is 0 Å². The van der Waals surface area contributed by atoms with Crippen LogP contribution in [0.4, 0.5) is 0 Å². The van der Waals surface area contributed by atoms with Crippen molar-refractivity contribution in [1.29, 1.82) is 0 Å². The summed E-state index contributed by atoms with van der Waals surface area (Å²) in [5, 5.41) is 16.9. The number of hydrogen-bond donors (Lipinski definition) is 1. The third-order valence-electron chi connectivity index (χ3n) is 1.33. The summed E-state index contributed by atoms with van der Waals surface area (Å²) in [5.74, 6) is 0. The van der Waals surface area contributed by atoms with Crippen LogP contribution in [0.15, 0.2) is 30.3 Å². The van der Waals surface area contributed by atoms with Crippen LogP contribution in [-0.2, 0) is 11.4 Å². The molecule has 0 radical (unpaired) electrons. The van der Waals surface area contributed by atoms with Gasteiger partial charge in [0.2, 0.25) is 5.03 Å². The molecule has 0 heterocycles. The second-order valence-electron chi connectivity index (χ2n) is 2.25. The molecule has 1 N–H and O–H groups in total. The van der Waals surface area contributed by atoms with E-state index >= 15 is 0 Å². The summed E-state index contributed by atoms with van der Waals surface area (Å²) in [7, 11) is 0. The molecule has 0 fully saturated rings. The Morgan fingerprint density at radius 3 is 2.62 bits per heavy atom. The fraction of sp³-hybridized carbons (Fsp3) is 0.143. The molecule has 6 nitrogen and oxygen atoms in total. The molecule has 0 saturated heterocycles. The smallest absolute Gasteiger partial charge is 0.216 e. The second kappa shape index (κ2) is 4.39. The summed E-state index contributed by atoms with van der Waals surface area (Å²) in [6.45, 7) is -0.0433. The molecule has 0 spiro atoms. The molecule has 0 aliphatic rings. The molecule has 13 heavy (non-hydrogen) atoms. The van der Waals surface area contributed by atoms with Gasteiger partial charge >= 0.3 is 0 Å². The van der Waals surface area contributed by atoms with Crippen LogP contribution in [0.3, 0.4) is 0 Å². The zero-order valence-corrected chi connectivity index (χ0v) is 6.66. The molecular weight excluding hydrogens is 176 g/mol. The van der Waals surface area contributed by atoms with Gasteiger partial charge in [-0.25, -0.2) is 15.3 Å². The van der Waals surface area contributed by atoms with Crippen molar-refractivity contribution < 1.29 is 15.1 Å². The predicted molar refractivity (Wildman–Crippen MR) is 41.9 cm³/mol. The van der Waals surface area contributed by atoms with Gasteiger partial charge in [-0.2, -0.15) is 4.84 Å². The lowest BCUT2D eigenvalue weighted by molar-refractivity contribution is -0.811. The first kappa shape index (κ1) is 9.43. The zero-order valence-electron chi connectivity index (χ0n) is 6.66. The first-order valence-corrected chi connectivity index (χ1v) is 3.50. The molecule has 1 aromatic carbocycles. The fourth-order valence-electron chi connectivity index (χ4n) is 0.754. The van der Waals surface area contributed by atoms with Crippen molar-refractivity contribution in [3.63, 3.8) is 0 Å². The van der Waals surface area contributed by atoms with Crippen molar-refractivity contribution >= 4 is 0 Å². The monoisotopic (exact) mass is 184 g/mol. The summed E-state index contributed by atoms with van der Waals surface area (Å²) >= 11 is 0. The highest BCUT2D eigenvalue weighted by Gasteiger charge is 2.10. The van der Waals surface area contributed by atoms with Gasteiger partial charge in [0, 0.05) is 0 Å². The number of hydrazine groups is 1. The summed E-state index contributed by atoms with van der Waals surface area (Å²) in [4.78, 5) is 14.3. The SMILES string of the molecule is O=[N+]([O-])N(O)OCc1ccccc1. The lowest BCUT2D eigenvalue weighted by Crippen LogP contribution is -2.25. The van der Waals surface area contributed by atoms with Crippen LogP contribution < -0.4 is 0 Å². The average molecular weight is 184 g/mol. The van der Waals surface area contributed by atoms with Crippen molar-refractivity contribution in [1.82, 2.24) is 5.34 Å². The van der Waals surface area contributed by atoms with Crippen LogP contribution in [0.1, 0.15) is 5.56 Å². The Hall–Kier alpha value is -1.66. The van der Waals surface area contributed by atoms with Gasteiger partial charge in [-0.3, -0.25) is 0 Å². The Bertz CT molecular complexity index is 277. The lowest BCUT2D eigenvalue weighted by atomic mass is 10.2. The maximum absolute atomic E-state index is 9.88. The zero-order chi connectivity index (χ0) is 9.68. The minimum atomic E-state index is -1.07. The molecule has 0 aliphatic carbocycles. The van der Waals surface area contributed by atoms with Crippen LogP contribution in [0.25, 0.3) is 0 Å². The normalized spacial score (nSPS) is 9.62. The summed E-state index contributed by atoms with van der Waals surface area (Å²) < 4.78 is 0. The van der Waals surface area contributed by atoms with Gasteiger partial charge in [-0.15, -0.1) is 0 Å². The minimum absolute atomic E-state index is 0.0433. The van der Waals surface area contributed by atoms with E-state index in [1.54, 1.807) is 24.3 Å². The van der Waals surface area contributed by atoms with E-state index in [2.05, 4.69) is 4.84 Å². The van der Waals surface area contributed by atoms with Crippen LogP contribution in [0, 0.1) is 10.1 Å². The van der Waals surface area contributed by atoms with Crippen LogP contribution in [-0.4, -0.2) is 15.6 Å². The van der Waals surface area contributed by atoms with Gasteiger partial charge in [0.1, 0.15) is 6.61 Å². The van der Waals surface area contributed by atoms with E-state index in [1.807, 2.05) is 6.07 Å². The van der Waals surface area contributed by atoms with E-state index < -0.39 is 10.4 Å². The molecule has 1 rings (SSSR count). The van der Waals surface area contributed by atoms with Crippen LogP contribution in [0.2, 0.25) is 0 Å². The van der Waals surface area contributed by atoms with Crippen molar-refractivity contribution in [3.8, 4) is 0 Å². The van der Waals surface area contributed by atoms with E-state index in [4.69, 9.17) is 5.21 Å². The fourth-order valence-corrected chi connectivity index (χ4v) is 0.754. The van der Waals surface area contributed by atoms with E-state index in [-0.39, 0.29) is 6.61 Å².